The fourth-order valence-corrected chi connectivity index (χ4v) is 4.25. The van der Waals surface area contributed by atoms with Crippen molar-refractivity contribution in [3.8, 4) is 11.1 Å². The molecule has 0 saturated carbocycles. The Morgan fingerprint density at radius 1 is 0.875 bits per heavy atom. The summed E-state index contributed by atoms with van der Waals surface area (Å²) in [6.45, 7) is 0.0960. The molecule has 3 aromatic rings. The van der Waals surface area contributed by atoms with Crippen LogP contribution in [0.1, 0.15) is 29.0 Å². The molecule has 164 valence electrons. The van der Waals surface area contributed by atoms with Crippen molar-refractivity contribution in [1.82, 2.24) is 5.32 Å². The van der Waals surface area contributed by atoms with Gasteiger partial charge in [0.1, 0.15) is 12.6 Å². The van der Waals surface area contributed by atoms with E-state index >= 15 is 0 Å². The number of carbonyl (C=O) groups excluding carboxylic acids is 1. The molecular weight excluding hydrogens is 406 g/mol. The molecule has 3 aromatic carbocycles. The first-order chi connectivity index (χ1) is 15.5. The highest BCUT2D eigenvalue weighted by Gasteiger charge is 2.30. The first-order valence-corrected chi connectivity index (χ1v) is 10.6. The summed E-state index contributed by atoms with van der Waals surface area (Å²) >= 11 is 0. The highest BCUT2D eigenvalue weighted by atomic mass is 16.5. The number of aliphatic carboxylic acids is 1. The SMILES string of the molecule is O=C(N[C@H](CC(O)Cc1ccccc1)C(=O)O)OCC1c2ccccc2-c2ccccc21. The van der Waals surface area contributed by atoms with Crippen molar-refractivity contribution >= 4 is 12.1 Å². The van der Waals surface area contributed by atoms with Crippen LogP contribution in [0.15, 0.2) is 78.9 Å². The molecule has 2 atom stereocenters. The zero-order chi connectivity index (χ0) is 22.5. The van der Waals surface area contributed by atoms with Gasteiger partial charge in [0.25, 0.3) is 0 Å². The summed E-state index contributed by atoms with van der Waals surface area (Å²) in [6, 6.07) is 24.0. The van der Waals surface area contributed by atoms with Gasteiger partial charge in [-0.3, -0.25) is 0 Å². The van der Waals surface area contributed by atoms with Gasteiger partial charge < -0.3 is 20.3 Å². The molecule has 0 fully saturated rings. The number of benzene rings is 3. The van der Waals surface area contributed by atoms with Crippen LogP contribution in [0, 0.1) is 0 Å². The van der Waals surface area contributed by atoms with Crippen LogP contribution in [0.2, 0.25) is 0 Å². The van der Waals surface area contributed by atoms with Gasteiger partial charge in [0.05, 0.1) is 6.10 Å². The number of fused-ring (bicyclic) bond motifs is 3. The highest BCUT2D eigenvalue weighted by molar-refractivity contribution is 5.81. The summed E-state index contributed by atoms with van der Waals surface area (Å²) in [5.74, 6) is -1.33. The molecule has 6 heteroatoms. The predicted octanol–water partition coefficient (Wildman–Crippen LogP) is 3.97. The standard InChI is InChI=1S/C26H25NO5/c28-18(14-17-8-2-1-3-9-17)15-24(25(29)30)27-26(31)32-16-23-21-12-6-4-10-19(21)20-11-5-7-13-22(20)23/h1-13,18,23-24,28H,14-16H2,(H,27,31)(H,29,30)/t18?,24-/m1/s1. The average molecular weight is 431 g/mol. The van der Waals surface area contributed by atoms with Crippen molar-refractivity contribution < 1.29 is 24.5 Å². The number of ether oxygens (including phenoxy) is 1. The maximum Gasteiger partial charge on any atom is 0.407 e. The van der Waals surface area contributed by atoms with E-state index in [1.165, 1.54) is 0 Å². The fourth-order valence-electron chi connectivity index (χ4n) is 4.25. The van der Waals surface area contributed by atoms with Crippen molar-refractivity contribution in [2.75, 3.05) is 6.61 Å². The molecular formula is C26H25NO5. The number of carboxylic acids is 1. The third kappa shape index (κ3) is 4.81. The van der Waals surface area contributed by atoms with Crippen LogP contribution in [0.4, 0.5) is 4.79 Å². The molecule has 32 heavy (non-hydrogen) atoms. The zero-order valence-corrected chi connectivity index (χ0v) is 17.5. The zero-order valence-electron chi connectivity index (χ0n) is 17.5. The van der Waals surface area contributed by atoms with Gasteiger partial charge in [-0.2, -0.15) is 0 Å². The number of aliphatic hydroxyl groups excluding tert-OH is 1. The summed E-state index contributed by atoms with van der Waals surface area (Å²) in [7, 11) is 0. The third-order valence-electron chi connectivity index (χ3n) is 5.76. The summed E-state index contributed by atoms with van der Waals surface area (Å²) in [6.07, 6.45) is -1.54. The van der Waals surface area contributed by atoms with Gasteiger partial charge in [-0.05, 0) is 34.2 Å². The van der Waals surface area contributed by atoms with E-state index in [0.717, 1.165) is 27.8 Å². The topological polar surface area (TPSA) is 95.9 Å². The molecule has 1 aliphatic rings. The summed E-state index contributed by atoms with van der Waals surface area (Å²) in [4.78, 5) is 24.0. The lowest BCUT2D eigenvalue weighted by Gasteiger charge is -2.19. The van der Waals surface area contributed by atoms with Gasteiger partial charge >= 0.3 is 12.1 Å². The normalized spacial score (nSPS) is 14.2. The molecule has 0 heterocycles. The number of carbonyl (C=O) groups is 2. The molecule has 0 spiro atoms. The van der Waals surface area contributed by atoms with Crippen LogP contribution in [-0.2, 0) is 16.0 Å². The minimum atomic E-state index is -1.25. The lowest BCUT2D eigenvalue weighted by molar-refractivity contribution is -0.140. The Labute approximate surface area is 186 Å². The van der Waals surface area contributed by atoms with Crippen molar-refractivity contribution in [2.45, 2.75) is 30.9 Å². The number of hydrogen-bond donors (Lipinski definition) is 3. The molecule has 1 amide bonds. The molecule has 6 nitrogen and oxygen atoms in total. The lowest BCUT2D eigenvalue weighted by atomic mass is 9.98. The summed E-state index contributed by atoms with van der Waals surface area (Å²) < 4.78 is 5.43. The molecule has 1 aliphatic carbocycles. The Hall–Kier alpha value is -3.64. The first-order valence-electron chi connectivity index (χ1n) is 10.6. The summed E-state index contributed by atoms with van der Waals surface area (Å²) in [5.41, 5.74) is 5.28. The first kappa shape index (κ1) is 21.6. The maximum atomic E-state index is 12.4. The molecule has 1 unspecified atom stereocenters. The highest BCUT2D eigenvalue weighted by Crippen LogP contribution is 2.44. The van der Waals surface area contributed by atoms with Crippen LogP contribution in [0.5, 0.6) is 0 Å². The average Bonchev–Trinajstić information content (AvgIpc) is 3.11. The van der Waals surface area contributed by atoms with Gasteiger partial charge in [-0.15, -0.1) is 0 Å². The van der Waals surface area contributed by atoms with E-state index in [1.54, 1.807) is 0 Å². The van der Waals surface area contributed by atoms with Crippen molar-refractivity contribution in [3.05, 3.63) is 95.6 Å². The van der Waals surface area contributed by atoms with E-state index in [-0.39, 0.29) is 18.9 Å². The smallest absolute Gasteiger partial charge is 0.407 e. The minimum Gasteiger partial charge on any atom is -0.480 e. The Balaban J connectivity index is 1.37. The van der Waals surface area contributed by atoms with Gasteiger partial charge in [0.15, 0.2) is 0 Å². The molecule has 3 N–H and O–H groups in total. The Bertz CT molecular complexity index is 1050. The van der Waals surface area contributed by atoms with Crippen LogP contribution in [0.25, 0.3) is 11.1 Å². The third-order valence-corrected chi connectivity index (χ3v) is 5.76. The van der Waals surface area contributed by atoms with Crippen LogP contribution < -0.4 is 5.32 Å². The number of aliphatic hydroxyl groups is 1. The lowest BCUT2D eigenvalue weighted by Crippen LogP contribution is -2.43. The second kappa shape index (κ2) is 9.66. The largest absolute Gasteiger partial charge is 0.480 e. The van der Waals surface area contributed by atoms with E-state index < -0.39 is 24.2 Å². The Morgan fingerprint density at radius 2 is 1.44 bits per heavy atom. The van der Waals surface area contributed by atoms with E-state index in [0.29, 0.717) is 6.42 Å². The second-order valence-corrected chi connectivity index (χ2v) is 7.94. The van der Waals surface area contributed by atoms with Gasteiger partial charge in [-0.1, -0.05) is 78.9 Å². The van der Waals surface area contributed by atoms with Crippen LogP contribution in [-0.4, -0.2) is 41.0 Å². The number of carboxylic acid groups (broad SMARTS) is 1. The van der Waals surface area contributed by atoms with E-state index in [9.17, 15) is 19.8 Å². The molecule has 0 bridgehead atoms. The number of nitrogens with one attached hydrogen (secondary N) is 1. The van der Waals surface area contributed by atoms with Crippen LogP contribution in [0.3, 0.4) is 0 Å². The van der Waals surface area contributed by atoms with Gasteiger partial charge in [-0.25, -0.2) is 9.59 Å². The Morgan fingerprint density at radius 3 is 2.03 bits per heavy atom. The molecule has 0 aromatic heterocycles. The monoisotopic (exact) mass is 431 g/mol. The van der Waals surface area contributed by atoms with E-state index in [2.05, 4.69) is 5.32 Å². The van der Waals surface area contributed by atoms with Crippen LogP contribution >= 0.6 is 0 Å². The molecule has 4 rings (SSSR count). The molecule has 0 aliphatic heterocycles. The Kier molecular flexibility index (Phi) is 6.52. The number of amides is 1. The van der Waals surface area contributed by atoms with Crippen molar-refractivity contribution in [3.63, 3.8) is 0 Å². The molecule has 0 radical (unpaired) electrons. The number of hydrogen-bond acceptors (Lipinski definition) is 4. The second-order valence-electron chi connectivity index (χ2n) is 7.94. The minimum absolute atomic E-state index is 0.0960. The predicted molar refractivity (Wildman–Crippen MR) is 120 cm³/mol. The van der Waals surface area contributed by atoms with Gasteiger partial charge in [0, 0.05) is 12.3 Å². The number of rotatable bonds is 8. The van der Waals surface area contributed by atoms with Gasteiger partial charge in [0.2, 0.25) is 0 Å². The molecule has 0 saturated heterocycles. The quantitative estimate of drug-likeness (QED) is 0.502. The van der Waals surface area contributed by atoms with Crippen molar-refractivity contribution in [1.29, 1.82) is 0 Å². The fraction of sp³-hybridized carbons (Fsp3) is 0.231. The maximum absolute atomic E-state index is 12.4. The number of alkyl carbamates (subject to hydrolysis) is 1. The van der Waals surface area contributed by atoms with Crippen molar-refractivity contribution in [2.24, 2.45) is 0 Å². The summed E-state index contributed by atoms with van der Waals surface area (Å²) in [5, 5.41) is 22.2. The van der Waals surface area contributed by atoms with E-state index in [1.807, 2.05) is 78.9 Å². The van der Waals surface area contributed by atoms with E-state index in [4.69, 9.17) is 4.74 Å².